The van der Waals surface area contributed by atoms with Gasteiger partial charge in [-0.1, -0.05) is 56.3 Å². The minimum atomic E-state index is -0.942. The van der Waals surface area contributed by atoms with E-state index in [0.717, 1.165) is 26.8 Å². The third-order valence-electron chi connectivity index (χ3n) is 15.3. The topological polar surface area (TPSA) is 311 Å². The summed E-state index contributed by atoms with van der Waals surface area (Å²) in [5.41, 5.74) is 5.58. The average Bonchev–Trinajstić information content (AvgIpc) is 1.63. The van der Waals surface area contributed by atoms with Gasteiger partial charge in [0.25, 0.3) is 23.6 Å². The monoisotopic (exact) mass is 1270 g/mol. The van der Waals surface area contributed by atoms with Gasteiger partial charge in [-0.3, -0.25) is 38.5 Å². The number of phenols is 1. The number of likely N-dealkylation sites (N-methyl/N-ethyl adjacent to an activating group) is 1. The molecule has 0 saturated carbocycles. The molecule has 25 nitrogen and oxygen atoms in total. The van der Waals surface area contributed by atoms with Crippen molar-refractivity contribution in [2.75, 3.05) is 101 Å². The molecule has 8 amide bonds. The van der Waals surface area contributed by atoms with E-state index in [1.807, 2.05) is 31.2 Å². The second kappa shape index (κ2) is 31.8. The molecule has 2 aliphatic rings. The molecule has 2 aliphatic heterocycles. The smallest absolute Gasteiger partial charge is 0.409 e. The molecule has 0 fully saturated rings. The number of aromatic nitrogens is 3. The molecule has 480 valence electrons. The van der Waals surface area contributed by atoms with Gasteiger partial charge in [0.2, 0.25) is 11.8 Å². The highest BCUT2D eigenvalue weighted by atomic mass is 35.5. The minimum Gasteiger partial charge on any atom is -0.508 e. The van der Waals surface area contributed by atoms with Gasteiger partial charge in [0, 0.05) is 92.1 Å². The minimum absolute atomic E-state index is 0.00873. The van der Waals surface area contributed by atoms with E-state index in [4.69, 9.17) is 30.5 Å². The Bertz CT molecular complexity index is 3640. The van der Waals surface area contributed by atoms with E-state index in [1.165, 1.54) is 52.2 Å². The van der Waals surface area contributed by atoms with Gasteiger partial charge in [-0.25, -0.2) is 14.3 Å². The SMILES string of the molecule is Cc1cccc2c(CC(=O)N(CCOCCO)CCN(C)C(=O)OCc3ccc(NC(=O)[C@H](C)CC(=O)[C@@H](NC(=O)OCCOCCN4C(=O)C=CC4=O)C(C)C)cc3)cc3c(c12)[C@H](CCl)CN3C(=O)c1cn(-c2ccc(NC(=O)c3ccc(O)cc3)cc2)nn1. The summed E-state index contributed by atoms with van der Waals surface area (Å²) in [5, 5.41) is 37.4. The summed E-state index contributed by atoms with van der Waals surface area (Å²) in [5.74, 6) is -3.86. The lowest BCUT2D eigenvalue weighted by molar-refractivity contribution is -0.137. The molecule has 91 heavy (non-hydrogen) atoms. The number of aromatic hydroxyl groups is 1. The van der Waals surface area contributed by atoms with Gasteiger partial charge in [0.15, 0.2) is 11.5 Å². The number of aliphatic hydroxyl groups excluding tert-OH is 1. The average molecular weight is 1270 g/mol. The fourth-order valence-corrected chi connectivity index (χ4v) is 10.6. The Morgan fingerprint density at radius 2 is 1.49 bits per heavy atom. The molecular weight excluding hydrogens is 1200 g/mol. The highest BCUT2D eigenvalue weighted by molar-refractivity contribution is 6.19. The first-order chi connectivity index (χ1) is 43.7. The lowest BCUT2D eigenvalue weighted by Gasteiger charge is -2.26. The van der Waals surface area contributed by atoms with Crippen molar-refractivity contribution in [3.05, 3.63) is 149 Å². The Morgan fingerprint density at radius 3 is 2.19 bits per heavy atom. The standard InChI is InChI=1S/C65H73ClN10O15/c1-40(2)60(69-64(86)90-32-31-89-29-26-74-55(80)21-22-56(74)81)54(79)33-42(4)61(83)67-47-13-9-43(10-14-47)39-91-65(87)72(5)23-24-73(25-28-88-30-27-77)57(82)35-45-34-53-59(58-41(3)7-6-8-51(45)58)46(36-66)37-75(53)63(85)52-38-76(71-70-52)49-17-15-48(16-18-49)68-62(84)44-11-19-50(78)20-12-44/h6-22,34,38,40,42,46,60,77-78H,23-33,35-37,39H2,1-5H3,(H,67,83)(H,68,84)(H,69,86)/t42-,46-,60+/m1/s1. The van der Waals surface area contributed by atoms with Gasteiger partial charge in [-0.15, -0.1) is 16.7 Å². The van der Waals surface area contributed by atoms with E-state index < -0.39 is 47.8 Å². The number of aryl methyl sites for hydroxylation is 1. The first kappa shape index (κ1) is 67.4. The summed E-state index contributed by atoms with van der Waals surface area (Å²) in [6, 6.07) is 26.0. The lowest BCUT2D eigenvalue weighted by atomic mass is 9.89. The summed E-state index contributed by atoms with van der Waals surface area (Å²) >= 11 is 6.66. The number of ether oxygens (including phenoxy) is 4. The summed E-state index contributed by atoms with van der Waals surface area (Å²) in [7, 11) is 1.54. The number of benzene rings is 5. The highest BCUT2D eigenvalue weighted by Crippen LogP contribution is 2.45. The number of rotatable bonds is 30. The zero-order chi connectivity index (χ0) is 65.3. The first-order valence-electron chi connectivity index (χ1n) is 29.6. The van der Waals surface area contributed by atoms with Crippen LogP contribution in [0.1, 0.15) is 76.2 Å². The van der Waals surface area contributed by atoms with Gasteiger partial charge in [0.05, 0.1) is 63.9 Å². The zero-order valence-electron chi connectivity index (χ0n) is 51.1. The molecule has 0 radical (unpaired) electrons. The molecule has 26 heteroatoms. The fourth-order valence-electron chi connectivity index (χ4n) is 10.3. The third kappa shape index (κ3) is 17.7. The zero-order valence-corrected chi connectivity index (χ0v) is 51.9. The largest absolute Gasteiger partial charge is 0.508 e. The Labute approximate surface area is 530 Å². The number of phenolic OH excluding ortho intramolecular Hbond substituents is 1. The number of alkyl carbamates (subject to hydrolysis) is 1. The Hall–Kier alpha value is -9.56. The van der Waals surface area contributed by atoms with Crippen LogP contribution in [0.25, 0.3) is 16.5 Å². The number of hydrogen-bond donors (Lipinski definition) is 5. The van der Waals surface area contributed by atoms with Crippen molar-refractivity contribution in [1.29, 1.82) is 0 Å². The molecule has 5 aromatic carbocycles. The second-order valence-corrected chi connectivity index (χ2v) is 22.5. The summed E-state index contributed by atoms with van der Waals surface area (Å²) in [6.07, 6.45) is 2.08. The molecule has 0 spiro atoms. The number of alkyl halides is 1. The molecule has 3 atom stereocenters. The van der Waals surface area contributed by atoms with Crippen molar-refractivity contribution in [3.63, 3.8) is 0 Å². The Kier molecular flexibility index (Phi) is 23.5. The lowest BCUT2D eigenvalue weighted by Crippen LogP contribution is -2.45. The van der Waals surface area contributed by atoms with E-state index >= 15 is 0 Å². The number of aliphatic hydroxyl groups is 1. The molecule has 0 unspecified atom stereocenters. The van der Waals surface area contributed by atoms with Crippen LogP contribution in [0.4, 0.5) is 26.7 Å². The number of Topliss-reactive ketones (excluding diaryl/α,β-unsaturated/α-hetero) is 1. The van der Waals surface area contributed by atoms with E-state index in [-0.39, 0.29) is 139 Å². The van der Waals surface area contributed by atoms with Crippen molar-refractivity contribution in [1.82, 2.24) is 35.0 Å². The van der Waals surface area contributed by atoms with Crippen molar-refractivity contribution in [2.45, 2.75) is 59.1 Å². The molecule has 1 aromatic heterocycles. The first-order valence-corrected chi connectivity index (χ1v) is 30.1. The van der Waals surface area contributed by atoms with Crippen LogP contribution in [0.2, 0.25) is 0 Å². The van der Waals surface area contributed by atoms with Crippen molar-refractivity contribution in [3.8, 4) is 11.4 Å². The van der Waals surface area contributed by atoms with Crippen LogP contribution in [0.5, 0.6) is 5.75 Å². The van der Waals surface area contributed by atoms with Crippen LogP contribution in [-0.2, 0) is 55.9 Å². The number of amides is 8. The van der Waals surface area contributed by atoms with E-state index in [2.05, 4.69) is 26.3 Å². The fraction of sp³-hybridized carbons (Fsp3) is 0.369. The maximum Gasteiger partial charge on any atom is 0.409 e. The van der Waals surface area contributed by atoms with Crippen molar-refractivity contribution >= 4 is 92.8 Å². The number of anilines is 3. The number of carbonyl (C=O) groups is 9. The third-order valence-corrected chi connectivity index (χ3v) is 15.7. The van der Waals surface area contributed by atoms with Gasteiger partial charge in [0.1, 0.15) is 19.0 Å². The predicted molar refractivity (Wildman–Crippen MR) is 336 cm³/mol. The predicted octanol–water partition coefficient (Wildman–Crippen LogP) is 6.54. The number of fused-ring (bicyclic) bond motifs is 3. The van der Waals surface area contributed by atoms with E-state index in [0.29, 0.717) is 39.4 Å². The van der Waals surface area contributed by atoms with Crippen LogP contribution in [0, 0.1) is 18.8 Å². The number of nitrogens with zero attached hydrogens (tertiary/aromatic N) is 7. The summed E-state index contributed by atoms with van der Waals surface area (Å²) < 4.78 is 23.2. The Morgan fingerprint density at radius 1 is 0.802 bits per heavy atom. The van der Waals surface area contributed by atoms with Crippen LogP contribution in [0.15, 0.2) is 115 Å². The number of ketones is 1. The number of halogens is 1. The number of carbonyl (C=O) groups excluding carboxylic acids is 9. The van der Waals surface area contributed by atoms with Gasteiger partial charge in [-0.05, 0) is 113 Å². The number of imide groups is 1. The maximum atomic E-state index is 14.6. The quantitative estimate of drug-likeness (QED) is 0.0181. The summed E-state index contributed by atoms with van der Waals surface area (Å²) in [4.78, 5) is 123. The molecule has 3 heterocycles. The van der Waals surface area contributed by atoms with Crippen molar-refractivity contribution in [2.24, 2.45) is 11.8 Å². The molecular formula is C65H73ClN10O15. The maximum absolute atomic E-state index is 14.6. The van der Waals surface area contributed by atoms with Gasteiger partial charge >= 0.3 is 12.2 Å². The molecule has 0 saturated heterocycles. The van der Waals surface area contributed by atoms with Gasteiger partial charge in [-0.2, -0.15) is 0 Å². The second-order valence-electron chi connectivity index (χ2n) is 22.2. The molecule has 0 bridgehead atoms. The van der Waals surface area contributed by atoms with Gasteiger partial charge < -0.3 is 59.8 Å². The van der Waals surface area contributed by atoms with E-state index in [1.54, 1.807) is 86.1 Å². The highest BCUT2D eigenvalue weighted by Gasteiger charge is 2.37. The van der Waals surface area contributed by atoms with E-state index in [9.17, 15) is 53.4 Å². The molecule has 6 aromatic rings. The number of nitrogens with one attached hydrogen (secondary N) is 3. The molecule has 5 N–H and O–H groups in total. The molecule has 8 rings (SSSR count). The number of hydrogen-bond acceptors (Lipinski definition) is 17. The van der Waals surface area contributed by atoms with Crippen LogP contribution in [-0.4, -0.2) is 185 Å². The summed E-state index contributed by atoms with van der Waals surface area (Å²) in [6.45, 7) is 7.36. The normalized spacial score (nSPS) is 14.1. The van der Waals surface area contributed by atoms with Crippen LogP contribution in [0.3, 0.4) is 0 Å². The van der Waals surface area contributed by atoms with Crippen molar-refractivity contribution < 1.29 is 72.3 Å². The Balaban J connectivity index is 0.836. The van der Waals surface area contributed by atoms with Crippen LogP contribution >= 0.6 is 11.6 Å². The van der Waals surface area contributed by atoms with Crippen LogP contribution < -0.4 is 20.9 Å². The molecule has 0 aliphatic carbocycles.